The Kier molecular flexibility index (Phi) is 4.43. The van der Waals surface area contributed by atoms with Gasteiger partial charge in [0.1, 0.15) is 4.88 Å². The molecule has 1 amide bonds. The van der Waals surface area contributed by atoms with Crippen molar-refractivity contribution in [1.82, 2.24) is 5.32 Å². The van der Waals surface area contributed by atoms with Crippen molar-refractivity contribution in [2.24, 2.45) is 5.92 Å². The summed E-state index contributed by atoms with van der Waals surface area (Å²) in [5.41, 5.74) is 6.66. The highest BCUT2D eigenvalue weighted by Gasteiger charge is 2.16. The van der Waals surface area contributed by atoms with Crippen molar-refractivity contribution in [3.63, 3.8) is 0 Å². The van der Waals surface area contributed by atoms with Crippen LogP contribution in [0.4, 0.5) is 5.69 Å². The van der Waals surface area contributed by atoms with Crippen molar-refractivity contribution in [1.29, 1.82) is 0 Å². The minimum absolute atomic E-state index is 0.0504. The van der Waals surface area contributed by atoms with Gasteiger partial charge in [0.15, 0.2) is 0 Å². The zero-order valence-electron chi connectivity index (χ0n) is 11.4. The maximum Gasteiger partial charge on any atom is 0.263 e. The number of carbonyl (C=O) groups excluding carboxylic acids is 1. The van der Waals surface area contributed by atoms with E-state index in [9.17, 15) is 4.79 Å². The first-order valence-corrected chi connectivity index (χ1v) is 7.54. The van der Waals surface area contributed by atoms with Gasteiger partial charge in [-0.05, 0) is 12.0 Å². The van der Waals surface area contributed by atoms with Gasteiger partial charge in [0.05, 0.1) is 5.69 Å². The Morgan fingerprint density at radius 1 is 1.32 bits per heavy atom. The van der Waals surface area contributed by atoms with Crippen LogP contribution in [-0.4, -0.2) is 12.5 Å². The summed E-state index contributed by atoms with van der Waals surface area (Å²) in [4.78, 5) is 12.8. The van der Waals surface area contributed by atoms with Gasteiger partial charge >= 0.3 is 0 Å². The molecule has 102 valence electrons. The van der Waals surface area contributed by atoms with Crippen LogP contribution in [0.5, 0.6) is 0 Å². The number of rotatable bonds is 5. The minimum atomic E-state index is -0.0504. The van der Waals surface area contributed by atoms with E-state index in [1.54, 1.807) is 0 Å². The van der Waals surface area contributed by atoms with Crippen LogP contribution in [0.25, 0.3) is 10.1 Å². The molecular formula is C15H20N2OS. The molecule has 1 aromatic carbocycles. The Hall–Kier alpha value is -1.55. The Morgan fingerprint density at radius 2 is 2.00 bits per heavy atom. The highest BCUT2D eigenvalue weighted by molar-refractivity contribution is 7.21. The number of fused-ring (bicyclic) bond motifs is 1. The SMILES string of the molecule is CCC(CC)CNC(=O)c1sc2ccccc2c1N. The normalized spacial score (nSPS) is 11.1. The number of hydrogen-bond donors (Lipinski definition) is 2. The first-order chi connectivity index (χ1) is 9.17. The Balaban J connectivity index is 2.15. The maximum atomic E-state index is 12.2. The fraction of sp³-hybridized carbons (Fsp3) is 0.400. The van der Waals surface area contributed by atoms with E-state index in [4.69, 9.17) is 5.73 Å². The maximum absolute atomic E-state index is 12.2. The summed E-state index contributed by atoms with van der Waals surface area (Å²) >= 11 is 1.46. The minimum Gasteiger partial charge on any atom is -0.397 e. The second-order valence-corrected chi connectivity index (χ2v) is 5.79. The predicted molar refractivity (Wildman–Crippen MR) is 82.6 cm³/mol. The van der Waals surface area contributed by atoms with Crippen molar-refractivity contribution >= 4 is 33.0 Å². The van der Waals surface area contributed by atoms with E-state index in [0.717, 1.165) is 29.5 Å². The van der Waals surface area contributed by atoms with Gasteiger partial charge in [-0.1, -0.05) is 44.9 Å². The second kappa shape index (κ2) is 6.06. The van der Waals surface area contributed by atoms with Gasteiger partial charge in [0.2, 0.25) is 0 Å². The Morgan fingerprint density at radius 3 is 2.63 bits per heavy atom. The lowest BCUT2D eigenvalue weighted by Gasteiger charge is -2.12. The lowest BCUT2D eigenvalue weighted by molar-refractivity contribution is 0.0951. The van der Waals surface area contributed by atoms with Crippen LogP contribution in [0.2, 0.25) is 0 Å². The molecule has 0 spiro atoms. The highest BCUT2D eigenvalue weighted by atomic mass is 32.1. The lowest BCUT2D eigenvalue weighted by Crippen LogP contribution is -2.28. The van der Waals surface area contributed by atoms with Crippen LogP contribution < -0.4 is 11.1 Å². The quantitative estimate of drug-likeness (QED) is 0.875. The summed E-state index contributed by atoms with van der Waals surface area (Å²) in [7, 11) is 0. The zero-order valence-corrected chi connectivity index (χ0v) is 12.2. The standard InChI is InChI=1S/C15H20N2OS/c1-3-10(4-2)9-17-15(18)14-13(16)11-7-5-6-8-12(11)19-14/h5-8,10H,3-4,9,16H2,1-2H3,(H,17,18). The van der Waals surface area contributed by atoms with E-state index in [2.05, 4.69) is 19.2 Å². The summed E-state index contributed by atoms with van der Waals surface area (Å²) in [5, 5.41) is 3.97. The van der Waals surface area contributed by atoms with E-state index in [1.165, 1.54) is 11.3 Å². The van der Waals surface area contributed by atoms with Crippen molar-refractivity contribution in [2.75, 3.05) is 12.3 Å². The number of benzene rings is 1. The monoisotopic (exact) mass is 276 g/mol. The molecule has 0 fully saturated rings. The summed E-state index contributed by atoms with van der Waals surface area (Å²) < 4.78 is 1.06. The summed E-state index contributed by atoms with van der Waals surface area (Å²) in [6.07, 6.45) is 2.16. The Bertz CT molecular complexity index is 573. The molecule has 0 aliphatic rings. The molecule has 0 bridgehead atoms. The number of nitrogen functional groups attached to an aromatic ring is 1. The fourth-order valence-corrected chi connectivity index (χ4v) is 3.17. The highest BCUT2D eigenvalue weighted by Crippen LogP contribution is 2.33. The molecule has 2 rings (SSSR count). The largest absolute Gasteiger partial charge is 0.397 e. The van der Waals surface area contributed by atoms with Crippen LogP contribution in [0.1, 0.15) is 36.4 Å². The van der Waals surface area contributed by atoms with E-state index >= 15 is 0 Å². The summed E-state index contributed by atoms with van der Waals surface area (Å²) in [6, 6.07) is 7.86. The van der Waals surface area contributed by atoms with Crippen LogP contribution in [0.15, 0.2) is 24.3 Å². The van der Waals surface area contributed by atoms with Gasteiger partial charge < -0.3 is 11.1 Å². The molecule has 1 aromatic heterocycles. The fourth-order valence-electron chi connectivity index (χ4n) is 2.13. The zero-order chi connectivity index (χ0) is 13.8. The van der Waals surface area contributed by atoms with Gasteiger partial charge in [0.25, 0.3) is 5.91 Å². The van der Waals surface area contributed by atoms with Crippen molar-refractivity contribution in [3.8, 4) is 0 Å². The third kappa shape index (κ3) is 2.89. The molecule has 0 radical (unpaired) electrons. The molecule has 4 heteroatoms. The number of anilines is 1. The van der Waals surface area contributed by atoms with E-state index < -0.39 is 0 Å². The van der Waals surface area contributed by atoms with Crippen LogP contribution in [0, 0.1) is 5.92 Å². The van der Waals surface area contributed by atoms with Crippen LogP contribution >= 0.6 is 11.3 Å². The van der Waals surface area contributed by atoms with Crippen molar-refractivity contribution in [2.45, 2.75) is 26.7 Å². The van der Waals surface area contributed by atoms with Gasteiger partial charge in [-0.2, -0.15) is 0 Å². The number of thiophene rings is 1. The molecule has 0 aliphatic carbocycles. The summed E-state index contributed by atoms with van der Waals surface area (Å²) in [5.74, 6) is 0.491. The molecule has 3 nitrogen and oxygen atoms in total. The average molecular weight is 276 g/mol. The number of nitrogens with two attached hydrogens (primary N) is 1. The van der Waals surface area contributed by atoms with E-state index in [1.807, 2.05) is 24.3 Å². The van der Waals surface area contributed by atoms with Gasteiger partial charge in [-0.15, -0.1) is 11.3 Å². The molecule has 19 heavy (non-hydrogen) atoms. The molecular weight excluding hydrogens is 256 g/mol. The third-order valence-corrected chi connectivity index (χ3v) is 4.73. The third-order valence-electron chi connectivity index (χ3n) is 3.55. The molecule has 0 saturated heterocycles. The first-order valence-electron chi connectivity index (χ1n) is 6.72. The predicted octanol–water partition coefficient (Wildman–Crippen LogP) is 3.65. The first kappa shape index (κ1) is 13.9. The number of amides is 1. The van der Waals surface area contributed by atoms with E-state index in [-0.39, 0.29) is 5.91 Å². The van der Waals surface area contributed by atoms with Gasteiger partial charge in [-0.25, -0.2) is 0 Å². The van der Waals surface area contributed by atoms with Crippen LogP contribution in [-0.2, 0) is 0 Å². The molecule has 0 saturated carbocycles. The molecule has 3 N–H and O–H groups in total. The van der Waals surface area contributed by atoms with E-state index in [0.29, 0.717) is 16.5 Å². The molecule has 2 aromatic rings. The average Bonchev–Trinajstić information content (AvgIpc) is 2.78. The lowest BCUT2D eigenvalue weighted by atomic mass is 10.0. The summed E-state index contributed by atoms with van der Waals surface area (Å²) in [6.45, 7) is 5.02. The van der Waals surface area contributed by atoms with Gasteiger partial charge in [0, 0.05) is 16.6 Å². The Labute approximate surface area is 117 Å². The molecule has 0 unspecified atom stereocenters. The molecule has 0 aliphatic heterocycles. The molecule has 0 atom stereocenters. The number of carbonyl (C=O) groups is 1. The molecule has 1 heterocycles. The van der Waals surface area contributed by atoms with Crippen LogP contribution in [0.3, 0.4) is 0 Å². The topological polar surface area (TPSA) is 55.1 Å². The van der Waals surface area contributed by atoms with Gasteiger partial charge in [-0.3, -0.25) is 4.79 Å². The number of nitrogens with one attached hydrogen (secondary N) is 1. The van der Waals surface area contributed by atoms with Crippen molar-refractivity contribution < 1.29 is 4.79 Å². The number of hydrogen-bond acceptors (Lipinski definition) is 3. The second-order valence-electron chi connectivity index (χ2n) is 4.73. The smallest absolute Gasteiger partial charge is 0.263 e. The van der Waals surface area contributed by atoms with Crippen molar-refractivity contribution in [3.05, 3.63) is 29.1 Å².